The summed E-state index contributed by atoms with van der Waals surface area (Å²) in [5.41, 5.74) is 1.68. The van der Waals surface area contributed by atoms with Gasteiger partial charge in [0, 0.05) is 12.3 Å². The van der Waals surface area contributed by atoms with Crippen LogP contribution in [0.4, 0.5) is 0 Å². The van der Waals surface area contributed by atoms with Crippen molar-refractivity contribution in [3.05, 3.63) is 33.1 Å². The molecule has 0 radical (unpaired) electrons. The lowest BCUT2D eigenvalue weighted by Crippen LogP contribution is -3.00. The number of aliphatic hydroxyl groups is 2. The predicted octanol–water partition coefficient (Wildman–Crippen LogP) is -7.09. The first kappa shape index (κ1) is 19.2. The Morgan fingerprint density at radius 3 is 2.41 bits per heavy atom. The van der Waals surface area contributed by atoms with Crippen LogP contribution in [-0.2, 0) is 9.30 Å². The minimum absolute atomic E-state index is 0. The van der Waals surface area contributed by atoms with Gasteiger partial charge in [0.1, 0.15) is 12.2 Å². The van der Waals surface area contributed by atoms with Crippen molar-refractivity contribution in [1.82, 2.24) is 9.55 Å². The van der Waals surface area contributed by atoms with Gasteiger partial charge in [-0.05, 0) is 0 Å². The first-order valence-corrected chi connectivity index (χ1v) is 7.52. The molecule has 0 aromatic carbocycles. The summed E-state index contributed by atoms with van der Waals surface area (Å²) >= 11 is 0. The van der Waals surface area contributed by atoms with Gasteiger partial charge >= 0.3 is 13.3 Å². The van der Waals surface area contributed by atoms with Gasteiger partial charge in [0.25, 0.3) is 5.56 Å². The van der Waals surface area contributed by atoms with E-state index in [1.807, 2.05) is 4.98 Å². The quantitative estimate of drug-likeness (QED) is 0.268. The Morgan fingerprint density at radius 2 is 1.91 bits per heavy atom. The Morgan fingerprint density at radius 1 is 1.32 bits per heavy atom. The van der Waals surface area contributed by atoms with Crippen LogP contribution in [0.2, 0.25) is 0 Å². The van der Waals surface area contributed by atoms with E-state index in [4.69, 9.17) is 14.5 Å². The summed E-state index contributed by atoms with van der Waals surface area (Å²) in [7, 11) is -4.66. The number of aliphatic hydroxyl groups excluding tert-OH is 2. The molecule has 0 unspecified atom stereocenters. The van der Waals surface area contributed by atoms with Crippen molar-refractivity contribution in [3.63, 3.8) is 0 Å². The molecule has 1 saturated heterocycles. The second-order valence-corrected chi connectivity index (χ2v) is 6.49. The average Bonchev–Trinajstić information content (AvgIpc) is 2.65. The summed E-state index contributed by atoms with van der Waals surface area (Å²) in [6.07, 6.45) is -5.09. The summed E-state index contributed by atoms with van der Waals surface area (Å²) in [5, 5.41) is 19.7. The lowest BCUT2D eigenvalue weighted by molar-refractivity contribution is -0.416. The van der Waals surface area contributed by atoms with Crippen LogP contribution < -0.4 is 34.0 Å². The van der Waals surface area contributed by atoms with Gasteiger partial charge < -0.3 is 47.5 Å². The Kier molecular flexibility index (Phi) is 5.87. The number of ether oxygens (including phenoxy) is 1. The number of aromatic amines is 1. The summed E-state index contributed by atoms with van der Waals surface area (Å²) in [5.74, 6) is -1.62. The third-order valence-corrected chi connectivity index (χ3v) is 4.37. The molecule has 0 amide bonds. The molecule has 13 heteroatoms. The van der Waals surface area contributed by atoms with Gasteiger partial charge in [0.15, 0.2) is 12.3 Å². The minimum atomic E-state index is -4.66. The maximum Gasteiger partial charge on any atom is 0.385 e. The van der Waals surface area contributed by atoms with Gasteiger partial charge in [-0.25, -0.2) is 4.79 Å². The number of nitrogens with one attached hydrogen (secondary N) is 1. The first-order valence-electron chi connectivity index (χ1n) is 5.84. The van der Waals surface area contributed by atoms with E-state index < -0.39 is 49.2 Å². The van der Waals surface area contributed by atoms with E-state index in [0.717, 1.165) is 16.8 Å². The standard InChI is InChI=1S/C9H14N3O8P.BrH/c10-7(21(17,18)19)6-4(14)5(15)8(20-6)12-2-1-3(13)11-9(12)16;/h1-2,4-8,14-15H,10H2,(H,11,13,16)(H2,17,18,19);1H/t4-,5+,6-,7+,8+;/m0./s1. The number of hydrogen-bond donors (Lipinski definition) is 6. The van der Waals surface area contributed by atoms with Crippen LogP contribution in [-0.4, -0.2) is 53.6 Å². The number of quaternary nitrogens is 1. The van der Waals surface area contributed by atoms with Crippen molar-refractivity contribution in [3.8, 4) is 0 Å². The van der Waals surface area contributed by atoms with Crippen LogP contribution in [0.1, 0.15) is 6.23 Å². The fraction of sp³-hybridized carbons (Fsp3) is 0.556. The molecular weight excluding hydrogens is 389 g/mol. The van der Waals surface area contributed by atoms with E-state index in [1.54, 1.807) is 0 Å². The van der Waals surface area contributed by atoms with Gasteiger partial charge in [0.05, 0.1) is 0 Å². The van der Waals surface area contributed by atoms with E-state index in [-0.39, 0.29) is 17.0 Å². The Balaban J connectivity index is 0.00000242. The number of aromatic nitrogens is 2. The van der Waals surface area contributed by atoms with Crippen molar-refractivity contribution >= 4 is 7.60 Å². The van der Waals surface area contributed by atoms with Crippen molar-refractivity contribution in [2.24, 2.45) is 0 Å². The average molecular weight is 404 g/mol. The molecule has 1 aromatic heterocycles. The monoisotopic (exact) mass is 403 g/mol. The molecule has 0 aliphatic carbocycles. The number of hydrogen-bond acceptors (Lipinski definition) is 6. The van der Waals surface area contributed by atoms with Crippen molar-refractivity contribution < 1.29 is 52.0 Å². The highest BCUT2D eigenvalue weighted by atomic mass is 79.9. The molecule has 11 nitrogen and oxygen atoms in total. The summed E-state index contributed by atoms with van der Waals surface area (Å²) in [6, 6.07) is 1.00. The molecule has 0 saturated carbocycles. The van der Waals surface area contributed by atoms with Gasteiger partial charge in [-0.1, -0.05) is 0 Å². The molecule has 1 aliphatic rings. The molecule has 0 spiro atoms. The maximum absolute atomic E-state index is 11.6. The Bertz CT molecular complexity index is 686. The molecule has 126 valence electrons. The third-order valence-electron chi connectivity index (χ3n) is 3.21. The van der Waals surface area contributed by atoms with Crippen molar-refractivity contribution in [1.29, 1.82) is 0 Å². The highest BCUT2D eigenvalue weighted by Gasteiger charge is 2.52. The first-order chi connectivity index (χ1) is 9.62. The maximum atomic E-state index is 11.6. The molecule has 1 aliphatic heterocycles. The van der Waals surface area contributed by atoms with E-state index in [0.29, 0.717) is 0 Å². The number of nitrogens with zero attached hydrogens (tertiary/aromatic N) is 1. The van der Waals surface area contributed by atoms with Crippen molar-refractivity contribution in [2.45, 2.75) is 30.3 Å². The molecule has 2 rings (SSSR count). The lowest BCUT2D eigenvalue weighted by Gasteiger charge is -2.19. The molecule has 1 aromatic rings. The number of halogens is 1. The number of H-pyrrole nitrogens is 1. The fourth-order valence-corrected chi connectivity index (χ4v) is 2.68. The van der Waals surface area contributed by atoms with Crippen LogP contribution in [0.25, 0.3) is 0 Å². The van der Waals surface area contributed by atoms with Crippen LogP contribution in [0.5, 0.6) is 0 Å². The summed E-state index contributed by atoms with van der Waals surface area (Å²) < 4.78 is 17.1. The van der Waals surface area contributed by atoms with E-state index >= 15 is 0 Å². The van der Waals surface area contributed by atoms with Crippen LogP contribution in [0.15, 0.2) is 21.9 Å². The van der Waals surface area contributed by atoms with Gasteiger partial charge in [-0.2, -0.15) is 0 Å². The Hall–Kier alpha value is -0.850. The number of rotatable bonds is 3. The lowest BCUT2D eigenvalue weighted by atomic mass is 10.1. The second-order valence-electron chi connectivity index (χ2n) is 4.65. The van der Waals surface area contributed by atoms with Gasteiger partial charge in [-0.3, -0.25) is 18.9 Å². The zero-order chi connectivity index (χ0) is 15.9. The minimum Gasteiger partial charge on any atom is -1.00 e. The third kappa shape index (κ3) is 3.55. The van der Waals surface area contributed by atoms with Crippen molar-refractivity contribution in [2.75, 3.05) is 0 Å². The normalized spacial score (nSPS) is 29.9. The molecule has 0 bridgehead atoms. The molecule has 2 heterocycles. The molecule has 22 heavy (non-hydrogen) atoms. The Labute approximate surface area is 133 Å². The molecule has 1 fully saturated rings. The van der Waals surface area contributed by atoms with E-state index in [1.165, 1.54) is 0 Å². The predicted molar refractivity (Wildman–Crippen MR) is 66.0 cm³/mol. The zero-order valence-electron chi connectivity index (χ0n) is 10.9. The highest BCUT2D eigenvalue weighted by molar-refractivity contribution is 7.52. The molecule has 5 atom stereocenters. The molecule has 8 N–H and O–H groups in total. The summed E-state index contributed by atoms with van der Waals surface area (Å²) in [4.78, 5) is 42.6. The van der Waals surface area contributed by atoms with E-state index in [2.05, 4.69) is 5.73 Å². The van der Waals surface area contributed by atoms with Gasteiger partial charge in [-0.15, -0.1) is 0 Å². The van der Waals surface area contributed by atoms with Gasteiger partial charge in [0.2, 0.25) is 5.78 Å². The smallest absolute Gasteiger partial charge is 0.385 e. The second kappa shape index (κ2) is 6.72. The topological polar surface area (TPSA) is 190 Å². The SMILES string of the molecule is [Br-].[NH3+][C@@H]([C@H]1O[C@@H](n2ccc(=O)[nH]c2=O)[C@H](O)[C@@H]1O)P(=O)(O)O. The van der Waals surface area contributed by atoms with Crippen LogP contribution in [0, 0.1) is 0 Å². The van der Waals surface area contributed by atoms with Crippen LogP contribution >= 0.6 is 7.60 Å². The molecular formula is C9H15BrN3O8P. The summed E-state index contributed by atoms with van der Waals surface area (Å²) in [6.45, 7) is 0. The largest absolute Gasteiger partial charge is 1.00 e. The van der Waals surface area contributed by atoms with E-state index in [9.17, 15) is 24.4 Å². The fourth-order valence-electron chi connectivity index (χ4n) is 2.05. The highest BCUT2D eigenvalue weighted by Crippen LogP contribution is 2.43. The van der Waals surface area contributed by atoms with Crippen LogP contribution in [0.3, 0.4) is 0 Å². The zero-order valence-corrected chi connectivity index (χ0v) is 13.4.